The molecule has 0 heterocycles. The lowest BCUT2D eigenvalue weighted by atomic mass is 9.75. The summed E-state index contributed by atoms with van der Waals surface area (Å²) in [7, 11) is 0. The van der Waals surface area contributed by atoms with Crippen LogP contribution in [0.2, 0.25) is 0 Å². The lowest BCUT2D eigenvalue weighted by molar-refractivity contribution is -0.110. The first kappa shape index (κ1) is 12.4. The molecule has 0 aromatic rings. The number of carbonyl (C=O) groups excluding carboxylic acids is 1. The Labute approximate surface area is 99.4 Å². The van der Waals surface area contributed by atoms with E-state index in [2.05, 4.69) is 13.8 Å². The van der Waals surface area contributed by atoms with Crippen LogP contribution >= 0.6 is 34.8 Å². The molecule has 14 heavy (non-hydrogen) atoms. The third kappa shape index (κ3) is 2.88. The molecule has 1 aliphatic carbocycles. The van der Waals surface area contributed by atoms with Gasteiger partial charge in [-0.2, -0.15) is 0 Å². The molecule has 1 nitrogen and oxygen atoms in total. The van der Waals surface area contributed by atoms with Gasteiger partial charge in [-0.25, -0.2) is 0 Å². The van der Waals surface area contributed by atoms with E-state index in [1.807, 2.05) is 6.08 Å². The lowest BCUT2D eigenvalue weighted by Crippen LogP contribution is -2.27. The van der Waals surface area contributed by atoms with Crippen molar-refractivity contribution in [1.29, 1.82) is 0 Å². The molecule has 0 radical (unpaired) electrons. The highest BCUT2D eigenvalue weighted by molar-refractivity contribution is 6.69. The van der Waals surface area contributed by atoms with Gasteiger partial charge in [0.1, 0.15) is 6.29 Å². The standard InChI is InChI=1S/C10H13Cl3O/c1-9(2)4-3-7(6-14)8(5-9)10(11,12)13/h5-7H,3-4H2,1-2H3. The lowest BCUT2D eigenvalue weighted by Gasteiger charge is -2.33. The van der Waals surface area contributed by atoms with Crippen molar-refractivity contribution in [2.75, 3.05) is 0 Å². The van der Waals surface area contributed by atoms with E-state index >= 15 is 0 Å². The maximum Gasteiger partial charge on any atom is 0.212 e. The Morgan fingerprint density at radius 2 is 2.07 bits per heavy atom. The molecule has 1 atom stereocenters. The third-order valence-corrected chi connectivity index (χ3v) is 3.19. The molecule has 80 valence electrons. The summed E-state index contributed by atoms with van der Waals surface area (Å²) in [5, 5.41) is 0. The number of hydrogen-bond donors (Lipinski definition) is 0. The van der Waals surface area contributed by atoms with Crippen molar-refractivity contribution in [3.63, 3.8) is 0 Å². The van der Waals surface area contributed by atoms with E-state index in [0.29, 0.717) is 5.57 Å². The van der Waals surface area contributed by atoms with Gasteiger partial charge >= 0.3 is 0 Å². The highest BCUT2D eigenvalue weighted by Crippen LogP contribution is 2.46. The fourth-order valence-corrected chi connectivity index (χ4v) is 2.30. The van der Waals surface area contributed by atoms with Crippen LogP contribution in [0.5, 0.6) is 0 Å². The highest BCUT2D eigenvalue weighted by Gasteiger charge is 2.37. The molecule has 0 saturated heterocycles. The molecule has 1 unspecified atom stereocenters. The SMILES string of the molecule is CC1(C)C=C(C(Cl)(Cl)Cl)C(C=O)CC1. The van der Waals surface area contributed by atoms with Crippen LogP contribution in [-0.4, -0.2) is 10.1 Å². The number of carbonyl (C=O) groups is 1. The minimum atomic E-state index is -1.46. The van der Waals surface area contributed by atoms with Crippen molar-refractivity contribution in [1.82, 2.24) is 0 Å². The minimum absolute atomic E-state index is 0.0127. The highest BCUT2D eigenvalue weighted by atomic mass is 35.6. The Morgan fingerprint density at radius 3 is 2.50 bits per heavy atom. The van der Waals surface area contributed by atoms with E-state index in [1.165, 1.54) is 0 Å². The van der Waals surface area contributed by atoms with Crippen LogP contribution in [0.4, 0.5) is 0 Å². The van der Waals surface area contributed by atoms with Crippen molar-refractivity contribution in [3.8, 4) is 0 Å². The van der Waals surface area contributed by atoms with Crippen LogP contribution in [0.1, 0.15) is 26.7 Å². The van der Waals surface area contributed by atoms with Crippen LogP contribution < -0.4 is 0 Å². The molecule has 0 N–H and O–H groups in total. The fraction of sp³-hybridized carbons (Fsp3) is 0.700. The molecule has 0 aromatic heterocycles. The number of rotatable bonds is 1. The van der Waals surface area contributed by atoms with Gasteiger partial charge in [-0.15, -0.1) is 0 Å². The summed E-state index contributed by atoms with van der Waals surface area (Å²) in [6, 6.07) is 0. The van der Waals surface area contributed by atoms with Gasteiger partial charge in [0.15, 0.2) is 0 Å². The zero-order valence-corrected chi connectivity index (χ0v) is 10.5. The molecule has 0 aliphatic heterocycles. The average Bonchev–Trinajstić information content (AvgIpc) is 2.01. The summed E-state index contributed by atoms with van der Waals surface area (Å²) < 4.78 is -1.46. The molecule has 0 spiro atoms. The molecule has 1 aliphatic rings. The zero-order valence-electron chi connectivity index (χ0n) is 8.19. The Kier molecular flexibility index (Phi) is 3.56. The quantitative estimate of drug-likeness (QED) is 0.394. The molecule has 4 heteroatoms. The second-order valence-corrected chi connectivity index (χ2v) is 6.65. The van der Waals surface area contributed by atoms with Gasteiger partial charge < -0.3 is 4.79 Å². The predicted molar refractivity (Wildman–Crippen MR) is 60.9 cm³/mol. The number of aldehydes is 1. The zero-order chi connectivity index (χ0) is 11.0. The second-order valence-electron chi connectivity index (χ2n) is 4.37. The van der Waals surface area contributed by atoms with Gasteiger partial charge in [0.2, 0.25) is 3.79 Å². The maximum absolute atomic E-state index is 10.8. The number of halogens is 3. The van der Waals surface area contributed by atoms with Gasteiger partial charge in [0.25, 0.3) is 0 Å². The molecule has 0 bridgehead atoms. The summed E-state index contributed by atoms with van der Waals surface area (Å²) in [4.78, 5) is 10.8. The van der Waals surface area contributed by atoms with Crippen molar-refractivity contribution >= 4 is 41.1 Å². The van der Waals surface area contributed by atoms with Crippen LogP contribution in [0.15, 0.2) is 11.6 Å². The maximum atomic E-state index is 10.8. The fourth-order valence-electron chi connectivity index (χ4n) is 1.72. The van der Waals surface area contributed by atoms with E-state index in [-0.39, 0.29) is 11.3 Å². The van der Waals surface area contributed by atoms with E-state index in [1.54, 1.807) is 0 Å². The summed E-state index contributed by atoms with van der Waals surface area (Å²) >= 11 is 17.4. The Balaban J connectivity index is 3.05. The van der Waals surface area contributed by atoms with Crippen molar-refractivity contribution in [2.24, 2.45) is 11.3 Å². The molecule has 0 amide bonds. The Hall–Kier alpha value is 0.280. The molecule has 0 saturated carbocycles. The number of allylic oxidation sites excluding steroid dienone is 2. The first-order valence-corrected chi connectivity index (χ1v) is 5.65. The molecular formula is C10H13Cl3O. The summed E-state index contributed by atoms with van der Waals surface area (Å²) in [6.45, 7) is 4.15. The topological polar surface area (TPSA) is 17.1 Å². The summed E-state index contributed by atoms with van der Waals surface area (Å²) in [5.41, 5.74) is 0.632. The number of hydrogen-bond acceptors (Lipinski definition) is 1. The van der Waals surface area contributed by atoms with Crippen molar-refractivity contribution in [3.05, 3.63) is 11.6 Å². The monoisotopic (exact) mass is 254 g/mol. The molecular weight excluding hydrogens is 242 g/mol. The normalized spacial score (nSPS) is 26.9. The van der Waals surface area contributed by atoms with Crippen LogP contribution in [0.25, 0.3) is 0 Å². The molecule has 0 fully saturated rings. The first-order valence-electron chi connectivity index (χ1n) is 4.51. The first-order chi connectivity index (χ1) is 6.26. The van der Waals surface area contributed by atoms with Crippen LogP contribution in [-0.2, 0) is 4.79 Å². The van der Waals surface area contributed by atoms with E-state index < -0.39 is 3.79 Å². The van der Waals surface area contributed by atoms with Gasteiger partial charge in [0.05, 0.1) is 0 Å². The van der Waals surface area contributed by atoms with Gasteiger partial charge in [-0.1, -0.05) is 54.7 Å². The Morgan fingerprint density at radius 1 is 1.50 bits per heavy atom. The molecule has 1 rings (SSSR count). The van der Waals surface area contributed by atoms with Crippen molar-refractivity contribution < 1.29 is 4.79 Å². The van der Waals surface area contributed by atoms with Gasteiger partial charge in [-0.3, -0.25) is 0 Å². The average molecular weight is 256 g/mol. The Bertz CT molecular complexity index is 263. The van der Waals surface area contributed by atoms with E-state index in [0.717, 1.165) is 19.1 Å². The molecule has 0 aromatic carbocycles. The second kappa shape index (κ2) is 4.03. The predicted octanol–water partition coefficient (Wildman–Crippen LogP) is 3.92. The number of alkyl halides is 3. The van der Waals surface area contributed by atoms with Crippen LogP contribution in [0.3, 0.4) is 0 Å². The minimum Gasteiger partial charge on any atom is -0.303 e. The van der Waals surface area contributed by atoms with Gasteiger partial charge in [-0.05, 0) is 23.8 Å². The smallest absolute Gasteiger partial charge is 0.212 e. The van der Waals surface area contributed by atoms with Gasteiger partial charge in [0, 0.05) is 5.92 Å². The third-order valence-electron chi connectivity index (χ3n) is 2.54. The summed E-state index contributed by atoms with van der Waals surface area (Å²) in [6.07, 6.45) is 4.49. The largest absolute Gasteiger partial charge is 0.303 e. The van der Waals surface area contributed by atoms with E-state index in [4.69, 9.17) is 34.8 Å². The van der Waals surface area contributed by atoms with Crippen molar-refractivity contribution in [2.45, 2.75) is 30.5 Å². The van der Waals surface area contributed by atoms with E-state index in [9.17, 15) is 4.79 Å². The summed E-state index contributed by atoms with van der Waals surface area (Å²) in [5.74, 6) is -0.240. The van der Waals surface area contributed by atoms with Crippen LogP contribution in [0, 0.1) is 11.3 Å².